The van der Waals surface area contributed by atoms with Crippen LogP contribution in [0.4, 0.5) is 0 Å². The molecule has 4 rings (SSSR count). The summed E-state index contributed by atoms with van der Waals surface area (Å²) in [5, 5.41) is 22.4. The number of carbonyl (C=O) groups is 2. The van der Waals surface area contributed by atoms with Crippen molar-refractivity contribution in [2.24, 2.45) is 17.3 Å². The third kappa shape index (κ3) is 2.22. The van der Waals surface area contributed by atoms with Crippen LogP contribution in [0.15, 0.2) is 18.2 Å². The molecule has 3 aliphatic rings. The summed E-state index contributed by atoms with van der Waals surface area (Å²) in [7, 11) is 0. The van der Waals surface area contributed by atoms with Gasteiger partial charge in [-0.15, -0.1) is 0 Å². The Bertz CT molecular complexity index is 756. The average Bonchev–Trinajstić information content (AvgIpc) is 2.82. The second kappa shape index (κ2) is 5.39. The van der Waals surface area contributed by atoms with Gasteiger partial charge in [-0.05, 0) is 60.8 Å². The van der Waals surface area contributed by atoms with Crippen molar-refractivity contribution in [2.45, 2.75) is 57.7 Å². The maximum atomic E-state index is 12.4. The molecule has 5 heteroatoms. The van der Waals surface area contributed by atoms with Gasteiger partial charge < -0.3 is 14.9 Å². The van der Waals surface area contributed by atoms with Gasteiger partial charge in [0.15, 0.2) is 0 Å². The van der Waals surface area contributed by atoms with Crippen LogP contribution in [-0.2, 0) is 21.6 Å². The summed E-state index contributed by atoms with van der Waals surface area (Å²) in [4.78, 5) is 23.6. The van der Waals surface area contributed by atoms with Gasteiger partial charge in [0.2, 0.25) is 0 Å². The molecule has 3 aliphatic carbocycles. The fraction of sp³-hybridized carbons (Fsp3) is 0.600. The summed E-state index contributed by atoms with van der Waals surface area (Å²) < 4.78 is 5.15. The van der Waals surface area contributed by atoms with Gasteiger partial charge in [0.25, 0.3) is 0 Å². The minimum absolute atomic E-state index is 0.106. The molecule has 2 saturated carbocycles. The van der Waals surface area contributed by atoms with Crippen molar-refractivity contribution in [3.05, 3.63) is 29.3 Å². The number of benzene rings is 1. The molecule has 2 fully saturated rings. The van der Waals surface area contributed by atoms with E-state index in [2.05, 4.69) is 0 Å². The largest absolute Gasteiger partial charge is 0.427 e. The van der Waals surface area contributed by atoms with Crippen LogP contribution in [0.3, 0.4) is 0 Å². The van der Waals surface area contributed by atoms with Gasteiger partial charge in [-0.2, -0.15) is 0 Å². The number of rotatable bonds is 1. The van der Waals surface area contributed by atoms with Crippen LogP contribution in [0.25, 0.3) is 0 Å². The molecule has 0 amide bonds. The number of aryl methyl sites for hydroxylation is 1. The quantitative estimate of drug-likeness (QED) is 0.602. The molecule has 0 aromatic heterocycles. The number of aliphatic hydroxyl groups is 2. The number of ketones is 1. The fourth-order valence-electron chi connectivity index (χ4n) is 5.63. The number of carbonyl (C=O) groups excluding carboxylic acids is 2. The number of aliphatic hydroxyl groups excluding tert-OH is 1. The summed E-state index contributed by atoms with van der Waals surface area (Å²) in [5.74, 6) is 0.272. The molecule has 0 spiro atoms. The maximum Gasteiger partial charge on any atom is 0.308 e. The third-order valence-electron chi connectivity index (χ3n) is 6.81. The second-order valence-corrected chi connectivity index (χ2v) is 8.09. The summed E-state index contributed by atoms with van der Waals surface area (Å²) >= 11 is 0. The van der Waals surface area contributed by atoms with Crippen LogP contribution in [0.5, 0.6) is 5.75 Å². The molecule has 5 atom stereocenters. The molecule has 0 aliphatic heterocycles. The van der Waals surface area contributed by atoms with E-state index in [-0.39, 0.29) is 23.6 Å². The highest BCUT2D eigenvalue weighted by molar-refractivity contribution is 5.87. The number of Topliss-reactive ketones (excluding diaryl/α,β-unsaturated/α-hetero) is 1. The Balaban J connectivity index is 1.77. The normalized spacial score (nSPS) is 39.4. The molecule has 1 aromatic rings. The number of esters is 1. The number of ether oxygens (including phenoxy) is 1. The Morgan fingerprint density at radius 1 is 1.24 bits per heavy atom. The molecule has 0 radical (unpaired) electrons. The Morgan fingerprint density at radius 3 is 2.68 bits per heavy atom. The molecular weight excluding hydrogens is 320 g/mol. The molecular formula is C20H24O5. The van der Waals surface area contributed by atoms with Gasteiger partial charge in [0, 0.05) is 18.8 Å². The fourth-order valence-corrected chi connectivity index (χ4v) is 5.63. The number of fused-ring (bicyclic) bond motifs is 5. The predicted octanol–water partition coefficient (Wildman–Crippen LogP) is 2.11. The first kappa shape index (κ1) is 16.7. The van der Waals surface area contributed by atoms with Crippen molar-refractivity contribution in [3.63, 3.8) is 0 Å². The Hall–Kier alpha value is -1.72. The zero-order chi connectivity index (χ0) is 18.0. The van der Waals surface area contributed by atoms with E-state index in [4.69, 9.17) is 4.74 Å². The van der Waals surface area contributed by atoms with Crippen molar-refractivity contribution in [1.29, 1.82) is 0 Å². The molecule has 0 heterocycles. The molecule has 0 saturated heterocycles. The van der Waals surface area contributed by atoms with E-state index in [9.17, 15) is 19.8 Å². The minimum Gasteiger partial charge on any atom is -0.427 e. The smallest absolute Gasteiger partial charge is 0.308 e. The van der Waals surface area contributed by atoms with E-state index in [0.717, 1.165) is 24.8 Å². The van der Waals surface area contributed by atoms with Gasteiger partial charge >= 0.3 is 5.97 Å². The van der Waals surface area contributed by atoms with Crippen molar-refractivity contribution in [1.82, 2.24) is 0 Å². The highest BCUT2D eigenvalue weighted by Gasteiger charge is 2.63. The second-order valence-electron chi connectivity index (χ2n) is 8.09. The van der Waals surface area contributed by atoms with Crippen LogP contribution >= 0.6 is 0 Å². The molecule has 134 valence electrons. The van der Waals surface area contributed by atoms with Gasteiger partial charge in [-0.3, -0.25) is 9.59 Å². The summed E-state index contributed by atoms with van der Waals surface area (Å²) in [6.07, 6.45) is 2.12. The van der Waals surface area contributed by atoms with Gasteiger partial charge in [-0.25, -0.2) is 0 Å². The molecule has 25 heavy (non-hydrogen) atoms. The first-order valence-electron chi connectivity index (χ1n) is 9.02. The van der Waals surface area contributed by atoms with Crippen molar-refractivity contribution >= 4 is 11.8 Å². The highest BCUT2D eigenvalue weighted by Crippen LogP contribution is 2.61. The highest BCUT2D eigenvalue weighted by atomic mass is 16.5. The van der Waals surface area contributed by atoms with E-state index >= 15 is 0 Å². The van der Waals surface area contributed by atoms with E-state index in [1.807, 2.05) is 6.92 Å². The van der Waals surface area contributed by atoms with E-state index in [1.165, 1.54) is 6.92 Å². The van der Waals surface area contributed by atoms with Crippen LogP contribution in [0, 0.1) is 17.3 Å². The topological polar surface area (TPSA) is 83.8 Å². The zero-order valence-electron chi connectivity index (χ0n) is 14.6. The summed E-state index contributed by atoms with van der Waals surface area (Å²) in [6, 6.07) is 5.22. The van der Waals surface area contributed by atoms with E-state index in [1.54, 1.807) is 18.2 Å². The van der Waals surface area contributed by atoms with Crippen LogP contribution in [0.1, 0.15) is 50.7 Å². The van der Waals surface area contributed by atoms with Gasteiger partial charge in [0.05, 0.1) is 6.10 Å². The summed E-state index contributed by atoms with van der Waals surface area (Å²) in [5.41, 5.74) is -0.235. The number of hydrogen-bond donors (Lipinski definition) is 2. The average molecular weight is 344 g/mol. The van der Waals surface area contributed by atoms with Crippen LogP contribution < -0.4 is 4.74 Å². The lowest BCUT2D eigenvalue weighted by molar-refractivity contribution is -0.197. The van der Waals surface area contributed by atoms with Crippen molar-refractivity contribution in [2.75, 3.05) is 0 Å². The molecule has 0 bridgehead atoms. The monoisotopic (exact) mass is 344 g/mol. The van der Waals surface area contributed by atoms with Crippen molar-refractivity contribution < 1.29 is 24.5 Å². The van der Waals surface area contributed by atoms with Gasteiger partial charge in [0.1, 0.15) is 17.1 Å². The standard InChI is InChI=1S/C20H24O5/c1-11(21)25-13-4-6-14-12(9-13)3-5-16-15-7-8-17(22)19(15,2)10-18(23)20(14,16)24/h4,6,9,15-16,18,23-24H,3,5,7-8,10H2,1-2H3. The lowest BCUT2D eigenvalue weighted by atomic mass is 9.52. The predicted molar refractivity (Wildman–Crippen MR) is 89.9 cm³/mol. The maximum absolute atomic E-state index is 12.4. The first-order chi connectivity index (χ1) is 11.8. The van der Waals surface area contributed by atoms with E-state index < -0.39 is 17.1 Å². The Labute approximate surface area is 147 Å². The number of hydrogen-bond acceptors (Lipinski definition) is 5. The third-order valence-corrected chi connectivity index (χ3v) is 6.81. The van der Waals surface area contributed by atoms with Crippen LogP contribution in [-0.4, -0.2) is 28.1 Å². The first-order valence-corrected chi connectivity index (χ1v) is 9.02. The van der Waals surface area contributed by atoms with E-state index in [0.29, 0.717) is 24.2 Å². The Morgan fingerprint density at radius 2 is 1.96 bits per heavy atom. The van der Waals surface area contributed by atoms with Gasteiger partial charge in [-0.1, -0.05) is 13.0 Å². The Kier molecular flexibility index (Phi) is 3.61. The molecule has 2 N–H and O–H groups in total. The lowest BCUT2D eigenvalue weighted by Crippen LogP contribution is -2.59. The molecule has 1 aromatic carbocycles. The van der Waals surface area contributed by atoms with Crippen molar-refractivity contribution in [3.8, 4) is 5.75 Å². The lowest BCUT2D eigenvalue weighted by Gasteiger charge is -2.55. The molecule has 5 nitrogen and oxygen atoms in total. The SMILES string of the molecule is CC(=O)Oc1ccc2c(c1)CCC1C3CCC(=O)C3(C)CC(O)C21O. The van der Waals surface area contributed by atoms with Crippen LogP contribution in [0.2, 0.25) is 0 Å². The minimum atomic E-state index is -1.34. The molecule has 5 unspecified atom stereocenters. The summed E-state index contributed by atoms with van der Waals surface area (Å²) in [6.45, 7) is 3.31. The zero-order valence-corrected chi connectivity index (χ0v) is 14.6.